The van der Waals surface area contributed by atoms with Gasteiger partial charge in [-0.3, -0.25) is 4.90 Å². The number of nitrogens with one attached hydrogen (secondary N) is 2. The van der Waals surface area contributed by atoms with E-state index in [1.54, 1.807) is 11.3 Å². The third-order valence-corrected chi connectivity index (χ3v) is 4.17. The van der Waals surface area contributed by atoms with Crippen LogP contribution in [0.5, 0.6) is 0 Å². The van der Waals surface area contributed by atoms with Crippen LogP contribution < -0.4 is 10.6 Å². The predicted molar refractivity (Wildman–Crippen MR) is 83.8 cm³/mol. The number of urea groups is 1. The smallest absolute Gasteiger partial charge is 0.315 e. The van der Waals surface area contributed by atoms with E-state index in [4.69, 9.17) is 4.74 Å². The molecule has 1 aliphatic rings. The molecule has 1 fully saturated rings. The monoisotopic (exact) mass is 312 g/mol. The van der Waals surface area contributed by atoms with Gasteiger partial charge in [0.2, 0.25) is 0 Å². The molecule has 1 aromatic rings. The molecule has 0 radical (unpaired) electrons. The van der Waals surface area contributed by atoms with E-state index in [0.29, 0.717) is 6.54 Å². The van der Waals surface area contributed by atoms with E-state index >= 15 is 0 Å². The molecule has 1 saturated heterocycles. The van der Waals surface area contributed by atoms with E-state index in [2.05, 4.69) is 20.5 Å². The molecule has 1 atom stereocenters. The quantitative estimate of drug-likeness (QED) is 0.823. The molecule has 2 rings (SSSR count). The number of morpholine rings is 1. The van der Waals surface area contributed by atoms with Gasteiger partial charge < -0.3 is 15.4 Å². The molecule has 0 spiro atoms. The molecule has 0 saturated carbocycles. The number of hydrogen-bond acceptors (Lipinski definition) is 5. The van der Waals surface area contributed by atoms with Gasteiger partial charge in [0.1, 0.15) is 0 Å². The summed E-state index contributed by atoms with van der Waals surface area (Å²) in [5, 5.41) is 8.95. The lowest BCUT2D eigenvalue weighted by Crippen LogP contribution is -2.48. The molecule has 2 amide bonds. The molecule has 7 heteroatoms. The summed E-state index contributed by atoms with van der Waals surface area (Å²) in [6.45, 7) is 8.94. The summed E-state index contributed by atoms with van der Waals surface area (Å²) in [6, 6.07) is 0.0207. The first-order valence-corrected chi connectivity index (χ1v) is 8.27. The maximum atomic E-state index is 11.8. The van der Waals surface area contributed by atoms with Gasteiger partial charge in [-0.25, -0.2) is 9.78 Å². The van der Waals surface area contributed by atoms with Gasteiger partial charge in [-0.15, -0.1) is 11.3 Å². The third-order valence-electron chi connectivity index (χ3n) is 3.35. The molecule has 1 aliphatic heterocycles. The normalized spacial score (nSPS) is 17.4. The van der Waals surface area contributed by atoms with E-state index in [-0.39, 0.29) is 12.1 Å². The highest BCUT2D eigenvalue weighted by Gasteiger charge is 2.14. The Labute approximate surface area is 129 Å². The van der Waals surface area contributed by atoms with E-state index in [9.17, 15) is 4.79 Å². The van der Waals surface area contributed by atoms with Crippen molar-refractivity contribution in [2.24, 2.45) is 0 Å². The summed E-state index contributed by atoms with van der Waals surface area (Å²) in [5.41, 5.74) is 1.04. The Balaban J connectivity index is 1.59. The second kappa shape index (κ2) is 8.31. The van der Waals surface area contributed by atoms with Gasteiger partial charge in [-0.05, 0) is 13.8 Å². The molecular weight excluding hydrogens is 288 g/mol. The molecule has 2 heterocycles. The van der Waals surface area contributed by atoms with E-state index in [0.717, 1.165) is 50.0 Å². The highest BCUT2D eigenvalue weighted by molar-refractivity contribution is 7.09. The number of ether oxygens (including phenoxy) is 1. The van der Waals surface area contributed by atoms with Crippen molar-refractivity contribution >= 4 is 17.4 Å². The van der Waals surface area contributed by atoms with Crippen LogP contribution in [0.2, 0.25) is 0 Å². The molecule has 0 aromatic carbocycles. The summed E-state index contributed by atoms with van der Waals surface area (Å²) in [4.78, 5) is 18.5. The largest absolute Gasteiger partial charge is 0.379 e. The highest BCUT2D eigenvalue weighted by Crippen LogP contribution is 2.07. The zero-order valence-electron chi connectivity index (χ0n) is 12.7. The Kier molecular flexibility index (Phi) is 6.41. The van der Waals surface area contributed by atoms with Crippen molar-refractivity contribution in [1.29, 1.82) is 0 Å². The number of rotatable bonds is 6. The maximum absolute atomic E-state index is 11.8. The van der Waals surface area contributed by atoms with Gasteiger partial charge in [-0.1, -0.05) is 0 Å². The molecule has 118 valence electrons. The number of nitrogens with zero attached hydrogens (tertiary/aromatic N) is 2. The second-order valence-electron chi connectivity index (χ2n) is 5.32. The summed E-state index contributed by atoms with van der Waals surface area (Å²) >= 11 is 1.64. The summed E-state index contributed by atoms with van der Waals surface area (Å²) in [7, 11) is 0. The molecular formula is C14H24N4O2S. The van der Waals surface area contributed by atoms with Gasteiger partial charge in [0.25, 0.3) is 0 Å². The Hall–Kier alpha value is -1.18. The Bertz CT molecular complexity index is 446. The minimum absolute atomic E-state index is 0.109. The van der Waals surface area contributed by atoms with Crippen molar-refractivity contribution in [2.45, 2.75) is 26.3 Å². The zero-order chi connectivity index (χ0) is 15.1. The van der Waals surface area contributed by atoms with Gasteiger partial charge >= 0.3 is 6.03 Å². The first kappa shape index (κ1) is 16.2. The van der Waals surface area contributed by atoms with Crippen LogP contribution in [-0.2, 0) is 11.2 Å². The van der Waals surface area contributed by atoms with Gasteiger partial charge in [-0.2, -0.15) is 0 Å². The van der Waals surface area contributed by atoms with Crippen molar-refractivity contribution in [3.63, 3.8) is 0 Å². The molecule has 1 unspecified atom stereocenters. The van der Waals surface area contributed by atoms with Crippen LogP contribution in [0, 0.1) is 6.92 Å². The van der Waals surface area contributed by atoms with Gasteiger partial charge in [0, 0.05) is 44.0 Å². The molecule has 21 heavy (non-hydrogen) atoms. The lowest BCUT2D eigenvalue weighted by atomic mass is 10.3. The molecule has 2 N–H and O–H groups in total. The Morgan fingerprint density at radius 2 is 2.29 bits per heavy atom. The van der Waals surface area contributed by atoms with Crippen LogP contribution >= 0.6 is 11.3 Å². The average molecular weight is 312 g/mol. The van der Waals surface area contributed by atoms with E-state index in [1.165, 1.54) is 0 Å². The van der Waals surface area contributed by atoms with Gasteiger partial charge in [0.05, 0.1) is 23.9 Å². The second-order valence-corrected chi connectivity index (χ2v) is 6.38. The van der Waals surface area contributed by atoms with Crippen molar-refractivity contribution in [1.82, 2.24) is 20.5 Å². The predicted octanol–water partition coefficient (Wildman–Crippen LogP) is 1.01. The first-order valence-electron chi connectivity index (χ1n) is 7.39. The van der Waals surface area contributed by atoms with Crippen LogP contribution in [0.25, 0.3) is 0 Å². The van der Waals surface area contributed by atoms with Crippen molar-refractivity contribution in [2.75, 3.05) is 39.4 Å². The minimum Gasteiger partial charge on any atom is -0.379 e. The highest BCUT2D eigenvalue weighted by atomic mass is 32.1. The first-order chi connectivity index (χ1) is 10.1. The minimum atomic E-state index is -0.109. The van der Waals surface area contributed by atoms with Crippen LogP contribution in [0.3, 0.4) is 0 Å². The number of carbonyl (C=O) groups is 1. The van der Waals surface area contributed by atoms with E-state index in [1.807, 2.05) is 19.2 Å². The standard InChI is InChI=1S/C14H24N4O2S/c1-11(9-18-5-7-20-8-6-18)16-14(19)15-4-3-13-10-21-12(2)17-13/h10-11H,3-9H2,1-2H3,(H2,15,16,19). The zero-order valence-corrected chi connectivity index (χ0v) is 13.5. The number of thiazole rings is 1. The van der Waals surface area contributed by atoms with Gasteiger partial charge in [0.15, 0.2) is 0 Å². The van der Waals surface area contributed by atoms with Crippen molar-refractivity contribution in [3.05, 3.63) is 16.1 Å². The SMILES string of the molecule is Cc1nc(CCNC(=O)NC(C)CN2CCOCC2)cs1. The topological polar surface area (TPSA) is 66.5 Å². The molecule has 6 nitrogen and oxygen atoms in total. The Morgan fingerprint density at radius 3 is 2.95 bits per heavy atom. The number of aromatic nitrogens is 1. The fraction of sp³-hybridized carbons (Fsp3) is 0.714. The number of carbonyl (C=O) groups excluding carboxylic acids is 1. The fourth-order valence-corrected chi connectivity index (χ4v) is 2.97. The summed E-state index contributed by atoms with van der Waals surface area (Å²) < 4.78 is 5.31. The Morgan fingerprint density at radius 1 is 1.52 bits per heavy atom. The number of aryl methyl sites for hydroxylation is 1. The van der Waals surface area contributed by atoms with Crippen LogP contribution in [-0.4, -0.2) is 61.3 Å². The van der Waals surface area contributed by atoms with Crippen molar-refractivity contribution in [3.8, 4) is 0 Å². The van der Waals surface area contributed by atoms with Crippen molar-refractivity contribution < 1.29 is 9.53 Å². The molecule has 0 aliphatic carbocycles. The maximum Gasteiger partial charge on any atom is 0.315 e. The van der Waals surface area contributed by atoms with Crippen LogP contribution in [0.15, 0.2) is 5.38 Å². The number of amides is 2. The van der Waals surface area contributed by atoms with Crippen LogP contribution in [0.4, 0.5) is 4.79 Å². The lowest BCUT2D eigenvalue weighted by molar-refractivity contribution is 0.0349. The lowest BCUT2D eigenvalue weighted by Gasteiger charge is -2.29. The summed E-state index contributed by atoms with van der Waals surface area (Å²) in [6.07, 6.45) is 0.773. The van der Waals surface area contributed by atoms with E-state index < -0.39 is 0 Å². The number of hydrogen-bond donors (Lipinski definition) is 2. The van der Waals surface area contributed by atoms with Crippen LogP contribution in [0.1, 0.15) is 17.6 Å². The molecule has 0 bridgehead atoms. The summed E-state index contributed by atoms with van der Waals surface area (Å²) in [5.74, 6) is 0. The molecule has 1 aromatic heterocycles. The average Bonchev–Trinajstić information content (AvgIpc) is 2.85. The third kappa shape index (κ3) is 5.99. The fourth-order valence-electron chi connectivity index (χ4n) is 2.32.